The Morgan fingerprint density at radius 1 is 0.788 bits per heavy atom. The maximum absolute atomic E-state index is 11.0. The van der Waals surface area contributed by atoms with Crippen molar-refractivity contribution >= 4 is 24.2 Å². The first kappa shape index (κ1) is 23.6. The van der Waals surface area contributed by atoms with Crippen LogP contribution >= 0.6 is 0 Å². The molecule has 0 atom stereocenters. The molecule has 1 N–H and O–H groups in total. The van der Waals surface area contributed by atoms with Crippen LogP contribution in [0.3, 0.4) is 0 Å². The van der Waals surface area contributed by atoms with Crippen molar-refractivity contribution in [2.45, 2.75) is 12.8 Å². The standard InChI is InChI=1S/C29H28O4/c1-32-27-20-18-25(19-21-28(30)31)26(29(27)33-2)13-7-12-24-16-14-23(15-17-24)11-6-10-22-8-4-3-5-9-22/h3-10,12,14-21H,11,13H2,1-2H3,(H,30,31). The van der Waals surface area contributed by atoms with Gasteiger partial charge in [0.25, 0.3) is 0 Å². The van der Waals surface area contributed by atoms with Crippen LogP contribution in [0, 0.1) is 0 Å². The molecule has 4 nitrogen and oxygen atoms in total. The molecule has 0 fully saturated rings. The van der Waals surface area contributed by atoms with Gasteiger partial charge in [-0.25, -0.2) is 4.79 Å². The van der Waals surface area contributed by atoms with Gasteiger partial charge in [-0.15, -0.1) is 0 Å². The molecule has 0 unspecified atom stereocenters. The molecule has 0 spiro atoms. The van der Waals surface area contributed by atoms with E-state index in [1.165, 1.54) is 11.1 Å². The normalized spacial score (nSPS) is 11.5. The highest BCUT2D eigenvalue weighted by Gasteiger charge is 2.12. The van der Waals surface area contributed by atoms with Crippen molar-refractivity contribution in [1.29, 1.82) is 0 Å². The Kier molecular flexibility index (Phi) is 8.66. The molecule has 3 aromatic rings. The number of carboxylic acid groups (broad SMARTS) is 1. The Labute approximate surface area is 195 Å². The first-order chi connectivity index (χ1) is 16.1. The number of carbonyl (C=O) groups is 1. The van der Waals surface area contributed by atoms with E-state index in [4.69, 9.17) is 14.6 Å². The minimum atomic E-state index is -0.995. The summed E-state index contributed by atoms with van der Waals surface area (Å²) in [4.78, 5) is 11.0. The van der Waals surface area contributed by atoms with Crippen LogP contribution in [0.5, 0.6) is 11.5 Å². The van der Waals surface area contributed by atoms with Gasteiger partial charge in [-0.05, 0) is 47.2 Å². The molecule has 0 aromatic heterocycles. The van der Waals surface area contributed by atoms with Crippen molar-refractivity contribution in [2.24, 2.45) is 0 Å². The number of aliphatic carboxylic acids is 1. The molecule has 0 heterocycles. The van der Waals surface area contributed by atoms with Crippen molar-refractivity contribution in [3.8, 4) is 11.5 Å². The SMILES string of the molecule is COc1ccc(C=CC(=O)O)c(CC=Cc2ccc(CC=Cc3ccccc3)cc2)c1OC. The molecule has 33 heavy (non-hydrogen) atoms. The van der Waals surface area contributed by atoms with E-state index in [1.807, 2.05) is 36.4 Å². The fourth-order valence-corrected chi connectivity index (χ4v) is 3.51. The minimum Gasteiger partial charge on any atom is -0.493 e. The van der Waals surface area contributed by atoms with Crippen LogP contribution < -0.4 is 9.47 Å². The quantitative estimate of drug-likeness (QED) is 0.375. The first-order valence-corrected chi connectivity index (χ1v) is 10.7. The van der Waals surface area contributed by atoms with Crippen LogP contribution in [0.1, 0.15) is 27.8 Å². The first-order valence-electron chi connectivity index (χ1n) is 10.7. The molecular weight excluding hydrogens is 412 g/mol. The number of carboxylic acids is 1. The van der Waals surface area contributed by atoms with Gasteiger partial charge >= 0.3 is 5.97 Å². The molecule has 0 saturated heterocycles. The molecule has 168 valence electrons. The average Bonchev–Trinajstić information content (AvgIpc) is 2.84. The van der Waals surface area contributed by atoms with Crippen LogP contribution in [0.4, 0.5) is 0 Å². The fraction of sp³-hybridized carbons (Fsp3) is 0.138. The molecule has 3 aromatic carbocycles. The van der Waals surface area contributed by atoms with E-state index < -0.39 is 5.97 Å². The molecule has 0 saturated carbocycles. The average molecular weight is 441 g/mol. The molecule has 0 amide bonds. The molecule has 0 bridgehead atoms. The van der Waals surface area contributed by atoms with E-state index in [9.17, 15) is 4.79 Å². The van der Waals surface area contributed by atoms with Gasteiger partial charge in [0.2, 0.25) is 0 Å². The fourth-order valence-electron chi connectivity index (χ4n) is 3.51. The van der Waals surface area contributed by atoms with E-state index in [0.717, 1.165) is 29.2 Å². The van der Waals surface area contributed by atoms with E-state index in [0.29, 0.717) is 17.9 Å². The summed E-state index contributed by atoms with van der Waals surface area (Å²) in [6.07, 6.45) is 12.5. The molecule has 0 aliphatic carbocycles. The highest BCUT2D eigenvalue weighted by atomic mass is 16.5. The number of methoxy groups -OCH3 is 2. The maximum atomic E-state index is 11.0. The third-order valence-corrected chi connectivity index (χ3v) is 5.17. The van der Waals surface area contributed by atoms with Gasteiger partial charge in [0.15, 0.2) is 11.5 Å². The van der Waals surface area contributed by atoms with E-state index >= 15 is 0 Å². The van der Waals surface area contributed by atoms with Crippen LogP contribution in [0.2, 0.25) is 0 Å². The van der Waals surface area contributed by atoms with E-state index in [1.54, 1.807) is 26.4 Å². The second-order valence-corrected chi connectivity index (χ2v) is 7.41. The lowest BCUT2D eigenvalue weighted by Crippen LogP contribution is -1.98. The zero-order valence-electron chi connectivity index (χ0n) is 18.9. The topological polar surface area (TPSA) is 55.8 Å². The van der Waals surface area contributed by atoms with Crippen LogP contribution in [0.15, 0.2) is 85.0 Å². The number of hydrogen-bond acceptors (Lipinski definition) is 3. The Bertz CT molecular complexity index is 1140. The van der Waals surface area contributed by atoms with Gasteiger partial charge in [-0.2, -0.15) is 0 Å². The van der Waals surface area contributed by atoms with Crippen LogP contribution in [-0.2, 0) is 17.6 Å². The van der Waals surface area contributed by atoms with Crippen molar-refractivity contribution in [1.82, 2.24) is 0 Å². The largest absolute Gasteiger partial charge is 0.493 e. The summed E-state index contributed by atoms with van der Waals surface area (Å²) in [5.74, 6) is 0.224. The third-order valence-electron chi connectivity index (χ3n) is 5.17. The lowest BCUT2D eigenvalue weighted by atomic mass is 10.0. The monoisotopic (exact) mass is 440 g/mol. The molecule has 0 aliphatic heterocycles. The number of rotatable bonds is 10. The summed E-state index contributed by atoms with van der Waals surface area (Å²) in [5.41, 5.74) is 5.18. The number of benzene rings is 3. The van der Waals surface area contributed by atoms with Gasteiger partial charge in [0.05, 0.1) is 14.2 Å². The second-order valence-electron chi connectivity index (χ2n) is 7.41. The van der Waals surface area contributed by atoms with Gasteiger partial charge in [0, 0.05) is 11.6 Å². The van der Waals surface area contributed by atoms with Crippen molar-refractivity contribution in [2.75, 3.05) is 14.2 Å². The lowest BCUT2D eigenvalue weighted by Gasteiger charge is -2.14. The smallest absolute Gasteiger partial charge is 0.328 e. The van der Waals surface area contributed by atoms with Crippen LogP contribution in [0.25, 0.3) is 18.2 Å². The minimum absolute atomic E-state index is 0.571. The van der Waals surface area contributed by atoms with Gasteiger partial charge in [-0.3, -0.25) is 0 Å². The Morgan fingerprint density at radius 3 is 2.09 bits per heavy atom. The predicted octanol–water partition coefficient (Wildman–Crippen LogP) is 6.31. The van der Waals surface area contributed by atoms with Gasteiger partial charge in [0.1, 0.15) is 0 Å². The van der Waals surface area contributed by atoms with Crippen molar-refractivity contribution < 1.29 is 19.4 Å². The number of allylic oxidation sites excluding steroid dienone is 2. The van der Waals surface area contributed by atoms with Crippen molar-refractivity contribution in [3.63, 3.8) is 0 Å². The molecule has 4 heteroatoms. The maximum Gasteiger partial charge on any atom is 0.328 e. The number of ether oxygens (including phenoxy) is 2. The summed E-state index contributed by atoms with van der Waals surface area (Å²) in [6.45, 7) is 0. The van der Waals surface area contributed by atoms with Gasteiger partial charge < -0.3 is 14.6 Å². The summed E-state index contributed by atoms with van der Waals surface area (Å²) >= 11 is 0. The lowest BCUT2D eigenvalue weighted by molar-refractivity contribution is -0.131. The zero-order valence-corrected chi connectivity index (χ0v) is 18.9. The third kappa shape index (κ3) is 6.97. The molecule has 3 rings (SSSR count). The second kappa shape index (κ2) is 12.1. The summed E-state index contributed by atoms with van der Waals surface area (Å²) in [6, 6.07) is 22.3. The Hall–Kier alpha value is -4.05. The molecule has 0 aliphatic rings. The molecular formula is C29H28O4. The highest BCUT2D eigenvalue weighted by molar-refractivity contribution is 5.86. The summed E-state index contributed by atoms with van der Waals surface area (Å²) in [5, 5.41) is 8.99. The van der Waals surface area contributed by atoms with E-state index in [2.05, 4.69) is 48.6 Å². The predicted molar refractivity (Wildman–Crippen MR) is 135 cm³/mol. The van der Waals surface area contributed by atoms with Crippen LogP contribution in [-0.4, -0.2) is 25.3 Å². The molecule has 0 radical (unpaired) electrons. The highest BCUT2D eigenvalue weighted by Crippen LogP contribution is 2.34. The van der Waals surface area contributed by atoms with Gasteiger partial charge in [-0.1, -0.05) is 85.0 Å². The Morgan fingerprint density at radius 2 is 1.45 bits per heavy atom. The van der Waals surface area contributed by atoms with E-state index in [-0.39, 0.29) is 0 Å². The zero-order chi connectivity index (χ0) is 23.5. The number of hydrogen-bond donors (Lipinski definition) is 1. The van der Waals surface area contributed by atoms with Crippen molar-refractivity contribution in [3.05, 3.63) is 113 Å². The summed E-state index contributed by atoms with van der Waals surface area (Å²) < 4.78 is 11.0. The summed E-state index contributed by atoms with van der Waals surface area (Å²) in [7, 11) is 3.17. The Balaban J connectivity index is 1.70.